The average Bonchev–Trinajstić information content (AvgIpc) is 2.44. The molecule has 0 spiro atoms. The van der Waals surface area contributed by atoms with E-state index < -0.39 is 0 Å². The quantitative estimate of drug-likeness (QED) is 0.912. The molecule has 2 aromatic rings. The molecule has 2 nitrogen and oxygen atoms in total. The number of nitrogens with two attached hydrogens (primary N) is 1. The first-order valence-corrected chi connectivity index (χ1v) is 7.01. The van der Waals surface area contributed by atoms with E-state index in [1.807, 2.05) is 0 Å². The van der Waals surface area contributed by atoms with Crippen LogP contribution in [0.15, 0.2) is 30.3 Å². The molecule has 0 fully saturated rings. The van der Waals surface area contributed by atoms with Gasteiger partial charge in [0.1, 0.15) is 12.4 Å². The van der Waals surface area contributed by atoms with E-state index in [-0.39, 0.29) is 0 Å². The van der Waals surface area contributed by atoms with Crippen LogP contribution in [0.3, 0.4) is 0 Å². The van der Waals surface area contributed by atoms with E-state index in [4.69, 9.17) is 10.5 Å². The third-order valence-corrected chi connectivity index (χ3v) is 3.89. The van der Waals surface area contributed by atoms with Crippen LogP contribution < -0.4 is 10.5 Å². The second-order valence-corrected chi connectivity index (χ2v) is 5.41. The lowest BCUT2D eigenvalue weighted by Crippen LogP contribution is -2.03. The zero-order chi connectivity index (χ0) is 14.7. The molecule has 20 heavy (non-hydrogen) atoms. The first-order valence-electron chi connectivity index (χ1n) is 7.01. The Kier molecular flexibility index (Phi) is 4.46. The Morgan fingerprint density at radius 3 is 2.25 bits per heavy atom. The maximum Gasteiger partial charge on any atom is 0.125 e. The van der Waals surface area contributed by atoms with Crippen LogP contribution in [-0.4, -0.2) is 0 Å². The van der Waals surface area contributed by atoms with Gasteiger partial charge in [-0.15, -0.1) is 0 Å². The lowest BCUT2D eigenvalue weighted by Gasteiger charge is -2.15. The first kappa shape index (κ1) is 14.6. The van der Waals surface area contributed by atoms with Crippen molar-refractivity contribution in [1.29, 1.82) is 0 Å². The van der Waals surface area contributed by atoms with Crippen molar-refractivity contribution in [3.05, 3.63) is 63.7 Å². The number of ether oxygens (including phenoxy) is 1. The van der Waals surface area contributed by atoms with Crippen molar-refractivity contribution in [3.63, 3.8) is 0 Å². The molecule has 0 saturated carbocycles. The SMILES string of the molecule is Cc1cc(CN)ccc1COc1c(C)ccc(C)c1C. The molecule has 106 valence electrons. The van der Waals surface area contributed by atoms with Crippen LogP contribution in [-0.2, 0) is 13.2 Å². The minimum atomic E-state index is 0.581. The molecule has 2 N–H and O–H groups in total. The molecule has 0 aromatic heterocycles. The van der Waals surface area contributed by atoms with Crippen molar-refractivity contribution in [2.75, 3.05) is 0 Å². The summed E-state index contributed by atoms with van der Waals surface area (Å²) in [6.07, 6.45) is 0. The van der Waals surface area contributed by atoms with Crippen LogP contribution >= 0.6 is 0 Å². The average molecular weight is 269 g/mol. The zero-order valence-electron chi connectivity index (χ0n) is 12.8. The Bertz CT molecular complexity index is 617. The lowest BCUT2D eigenvalue weighted by molar-refractivity contribution is 0.301. The van der Waals surface area contributed by atoms with Gasteiger partial charge in [0.15, 0.2) is 0 Å². The number of aryl methyl sites for hydroxylation is 3. The highest BCUT2D eigenvalue weighted by atomic mass is 16.5. The molecule has 2 aromatic carbocycles. The number of rotatable bonds is 4. The summed E-state index contributed by atoms with van der Waals surface area (Å²) in [5.41, 5.74) is 12.9. The Labute approximate surface area is 121 Å². The number of hydrogen-bond donors (Lipinski definition) is 1. The summed E-state index contributed by atoms with van der Waals surface area (Å²) in [5.74, 6) is 1.01. The standard InChI is InChI=1S/C18H23NO/c1-12-5-6-13(2)18(15(12)4)20-11-17-8-7-16(10-19)9-14(17)3/h5-9H,10-11,19H2,1-4H3. The molecule has 0 amide bonds. The van der Waals surface area contributed by atoms with Crippen molar-refractivity contribution >= 4 is 0 Å². The van der Waals surface area contributed by atoms with Crippen LogP contribution in [0, 0.1) is 27.7 Å². The van der Waals surface area contributed by atoms with E-state index >= 15 is 0 Å². The van der Waals surface area contributed by atoms with Gasteiger partial charge in [0.2, 0.25) is 0 Å². The molecule has 0 aliphatic rings. The number of benzene rings is 2. The fourth-order valence-corrected chi connectivity index (χ4v) is 2.34. The lowest BCUT2D eigenvalue weighted by atomic mass is 10.0. The topological polar surface area (TPSA) is 35.2 Å². The Hall–Kier alpha value is -1.80. The monoisotopic (exact) mass is 269 g/mol. The Morgan fingerprint density at radius 2 is 1.60 bits per heavy atom. The molecule has 0 unspecified atom stereocenters. The van der Waals surface area contributed by atoms with E-state index in [0.717, 1.165) is 11.3 Å². The minimum absolute atomic E-state index is 0.581. The fraction of sp³-hybridized carbons (Fsp3) is 0.333. The summed E-state index contributed by atoms with van der Waals surface area (Å²) >= 11 is 0. The van der Waals surface area contributed by atoms with Gasteiger partial charge in [0.25, 0.3) is 0 Å². The summed E-state index contributed by atoms with van der Waals surface area (Å²) in [7, 11) is 0. The summed E-state index contributed by atoms with van der Waals surface area (Å²) < 4.78 is 6.06. The van der Waals surface area contributed by atoms with Gasteiger partial charge in [-0.25, -0.2) is 0 Å². The zero-order valence-corrected chi connectivity index (χ0v) is 12.8. The highest BCUT2D eigenvalue weighted by molar-refractivity contribution is 5.44. The van der Waals surface area contributed by atoms with Gasteiger partial charge in [0, 0.05) is 6.54 Å². The molecule has 0 heterocycles. The van der Waals surface area contributed by atoms with E-state index in [1.54, 1.807) is 0 Å². The van der Waals surface area contributed by atoms with Gasteiger partial charge in [-0.3, -0.25) is 0 Å². The smallest absolute Gasteiger partial charge is 0.125 e. The third kappa shape index (κ3) is 3.02. The van der Waals surface area contributed by atoms with Crippen LogP contribution in [0.2, 0.25) is 0 Å². The van der Waals surface area contributed by atoms with E-state index in [0.29, 0.717) is 13.2 Å². The van der Waals surface area contributed by atoms with Gasteiger partial charge in [-0.05, 0) is 61.1 Å². The van der Waals surface area contributed by atoms with Crippen molar-refractivity contribution in [1.82, 2.24) is 0 Å². The maximum absolute atomic E-state index is 6.06. The minimum Gasteiger partial charge on any atom is -0.488 e. The third-order valence-electron chi connectivity index (χ3n) is 3.89. The maximum atomic E-state index is 6.06. The van der Waals surface area contributed by atoms with Crippen molar-refractivity contribution in [3.8, 4) is 5.75 Å². The van der Waals surface area contributed by atoms with Gasteiger partial charge >= 0.3 is 0 Å². The van der Waals surface area contributed by atoms with E-state index in [2.05, 4.69) is 58.0 Å². The largest absolute Gasteiger partial charge is 0.488 e. The molecule has 0 radical (unpaired) electrons. The molecule has 0 bridgehead atoms. The van der Waals surface area contributed by atoms with Gasteiger partial charge in [-0.2, -0.15) is 0 Å². The first-order chi connectivity index (χ1) is 9.52. The van der Waals surface area contributed by atoms with Crippen LogP contribution in [0.1, 0.15) is 33.4 Å². The molecule has 0 aliphatic carbocycles. The molecular weight excluding hydrogens is 246 g/mol. The number of hydrogen-bond acceptors (Lipinski definition) is 2. The van der Waals surface area contributed by atoms with Crippen LogP contribution in [0.25, 0.3) is 0 Å². The predicted octanol–water partition coefficient (Wildman–Crippen LogP) is 3.96. The van der Waals surface area contributed by atoms with Crippen molar-refractivity contribution in [2.45, 2.75) is 40.8 Å². The van der Waals surface area contributed by atoms with Gasteiger partial charge in [0.05, 0.1) is 0 Å². The molecular formula is C18H23NO. The fourth-order valence-electron chi connectivity index (χ4n) is 2.34. The summed E-state index contributed by atoms with van der Waals surface area (Å²) in [6.45, 7) is 9.60. The molecule has 0 saturated heterocycles. The summed E-state index contributed by atoms with van der Waals surface area (Å²) in [6, 6.07) is 10.6. The predicted molar refractivity (Wildman–Crippen MR) is 84.1 cm³/mol. The van der Waals surface area contributed by atoms with Crippen molar-refractivity contribution < 1.29 is 4.74 Å². The van der Waals surface area contributed by atoms with Gasteiger partial charge < -0.3 is 10.5 Å². The van der Waals surface area contributed by atoms with Gasteiger partial charge in [-0.1, -0.05) is 30.3 Å². The molecule has 2 heteroatoms. The second kappa shape index (κ2) is 6.10. The molecule has 2 rings (SSSR count). The molecule has 0 aliphatic heterocycles. The Balaban J connectivity index is 2.19. The van der Waals surface area contributed by atoms with E-state index in [9.17, 15) is 0 Å². The highest BCUT2D eigenvalue weighted by Gasteiger charge is 2.07. The van der Waals surface area contributed by atoms with Crippen LogP contribution in [0.4, 0.5) is 0 Å². The second-order valence-electron chi connectivity index (χ2n) is 5.41. The van der Waals surface area contributed by atoms with E-state index in [1.165, 1.54) is 27.8 Å². The van der Waals surface area contributed by atoms with Crippen molar-refractivity contribution in [2.24, 2.45) is 5.73 Å². The van der Waals surface area contributed by atoms with Crippen LogP contribution in [0.5, 0.6) is 5.75 Å². The summed E-state index contributed by atoms with van der Waals surface area (Å²) in [4.78, 5) is 0. The molecule has 0 atom stereocenters. The Morgan fingerprint density at radius 1 is 0.900 bits per heavy atom. The highest BCUT2D eigenvalue weighted by Crippen LogP contribution is 2.27. The normalized spacial score (nSPS) is 10.7. The summed E-state index contributed by atoms with van der Waals surface area (Å²) in [5, 5.41) is 0.